The number of nitrogens with two attached hydrogens (primary N) is 1. The number of hydrogen-bond acceptors (Lipinski definition) is 3. The minimum absolute atomic E-state index is 0.0116. The van der Waals surface area contributed by atoms with Crippen LogP contribution < -0.4 is 11.1 Å². The molecule has 1 aromatic carbocycles. The van der Waals surface area contributed by atoms with Crippen molar-refractivity contribution >= 4 is 22.5 Å². The first-order valence-corrected chi connectivity index (χ1v) is 7.68. The van der Waals surface area contributed by atoms with Gasteiger partial charge in [-0.25, -0.2) is 4.98 Å². The number of benzene rings is 1. The average molecular weight is 281 g/mol. The molecule has 2 aliphatic carbocycles. The molecule has 0 saturated heterocycles. The number of nitrogen functional groups attached to an aromatic ring is 1. The van der Waals surface area contributed by atoms with Gasteiger partial charge < -0.3 is 11.1 Å². The Morgan fingerprint density at radius 1 is 1.14 bits per heavy atom. The van der Waals surface area contributed by atoms with Gasteiger partial charge in [-0.1, -0.05) is 24.3 Å². The Labute approximate surface area is 123 Å². The van der Waals surface area contributed by atoms with Crippen molar-refractivity contribution in [3.8, 4) is 0 Å². The Hall–Kier alpha value is -2.10. The van der Waals surface area contributed by atoms with Crippen molar-refractivity contribution in [2.75, 3.05) is 5.73 Å². The van der Waals surface area contributed by atoms with Crippen molar-refractivity contribution in [3.63, 3.8) is 0 Å². The molecular weight excluding hydrogens is 262 g/mol. The third-order valence-electron chi connectivity index (χ3n) is 4.63. The molecule has 1 heterocycles. The van der Waals surface area contributed by atoms with E-state index in [4.69, 9.17) is 5.73 Å². The molecule has 0 atom stereocenters. The van der Waals surface area contributed by atoms with Crippen molar-refractivity contribution in [2.24, 2.45) is 11.8 Å². The second-order valence-corrected chi connectivity index (χ2v) is 6.28. The van der Waals surface area contributed by atoms with Gasteiger partial charge in [-0.05, 0) is 42.9 Å². The molecule has 0 bridgehead atoms. The summed E-state index contributed by atoms with van der Waals surface area (Å²) in [6, 6.07) is 8.05. The maximum absolute atomic E-state index is 12.7. The van der Waals surface area contributed by atoms with Crippen LogP contribution >= 0.6 is 0 Å². The van der Waals surface area contributed by atoms with Crippen molar-refractivity contribution in [1.29, 1.82) is 0 Å². The summed E-state index contributed by atoms with van der Waals surface area (Å²) in [5.74, 6) is 1.84. The molecule has 2 aliphatic rings. The van der Waals surface area contributed by atoms with Crippen LogP contribution in [-0.2, 0) is 0 Å². The van der Waals surface area contributed by atoms with Gasteiger partial charge in [0.1, 0.15) is 5.82 Å². The zero-order chi connectivity index (χ0) is 14.4. The summed E-state index contributed by atoms with van der Waals surface area (Å²) in [6.45, 7) is 0. The van der Waals surface area contributed by atoms with Gasteiger partial charge in [0.05, 0.1) is 5.56 Å². The van der Waals surface area contributed by atoms with Crippen molar-refractivity contribution in [3.05, 3.63) is 36.0 Å². The molecule has 2 fully saturated rings. The van der Waals surface area contributed by atoms with Crippen LogP contribution in [0.15, 0.2) is 30.5 Å². The molecule has 1 aromatic heterocycles. The fourth-order valence-corrected chi connectivity index (χ4v) is 3.16. The number of carbonyl (C=O) groups excluding carboxylic acids is 1. The Balaban J connectivity index is 1.66. The van der Waals surface area contributed by atoms with Gasteiger partial charge in [0, 0.05) is 17.6 Å². The lowest BCUT2D eigenvalue weighted by atomic mass is 10.0. The maximum Gasteiger partial charge on any atom is 0.253 e. The standard InChI is InChI=1S/C17H19N3O/c18-16-13-4-2-1-3-12(13)14(9-19-16)17(21)20-15(10-5-6-10)11-7-8-11/h1-4,9-11,15H,5-8H2,(H2,18,19)(H,20,21). The number of pyridine rings is 1. The van der Waals surface area contributed by atoms with Gasteiger partial charge in [0.15, 0.2) is 0 Å². The largest absolute Gasteiger partial charge is 0.383 e. The van der Waals surface area contributed by atoms with E-state index in [2.05, 4.69) is 10.3 Å². The number of rotatable bonds is 4. The van der Waals surface area contributed by atoms with Crippen molar-refractivity contribution in [1.82, 2.24) is 10.3 Å². The van der Waals surface area contributed by atoms with Crippen LogP contribution in [0.2, 0.25) is 0 Å². The topological polar surface area (TPSA) is 68.0 Å². The van der Waals surface area contributed by atoms with E-state index in [0.29, 0.717) is 29.3 Å². The minimum atomic E-state index is -0.0116. The summed E-state index contributed by atoms with van der Waals surface area (Å²) in [6.07, 6.45) is 6.61. The van der Waals surface area contributed by atoms with Crippen molar-refractivity contribution < 1.29 is 4.79 Å². The molecule has 0 aliphatic heterocycles. The van der Waals surface area contributed by atoms with Crippen LogP contribution in [0.25, 0.3) is 10.8 Å². The highest BCUT2D eigenvalue weighted by atomic mass is 16.1. The highest BCUT2D eigenvalue weighted by Gasteiger charge is 2.42. The second-order valence-electron chi connectivity index (χ2n) is 6.28. The first-order chi connectivity index (χ1) is 10.2. The van der Waals surface area contributed by atoms with Gasteiger partial charge in [-0.15, -0.1) is 0 Å². The Morgan fingerprint density at radius 3 is 2.38 bits per heavy atom. The molecule has 0 unspecified atom stereocenters. The number of nitrogens with zero attached hydrogens (tertiary/aromatic N) is 1. The predicted molar refractivity (Wildman–Crippen MR) is 82.9 cm³/mol. The molecule has 0 radical (unpaired) electrons. The van der Waals surface area contributed by atoms with E-state index in [1.165, 1.54) is 25.7 Å². The number of aromatic nitrogens is 1. The van der Waals surface area contributed by atoms with Gasteiger partial charge in [-0.3, -0.25) is 4.79 Å². The smallest absolute Gasteiger partial charge is 0.253 e. The first kappa shape index (κ1) is 12.6. The fraction of sp³-hybridized carbons (Fsp3) is 0.412. The lowest BCUT2D eigenvalue weighted by molar-refractivity contribution is 0.0927. The summed E-state index contributed by atoms with van der Waals surface area (Å²) < 4.78 is 0. The number of hydrogen-bond donors (Lipinski definition) is 2. The number of carbonyl (C=O) groups is 1. The first-order valence-electron chi connectivity index (χ1n) is 7.68. The number of nitrogens with one attached hydrogen (secondary N) is 1. The summed E-state index contributed by atoms with van der Waals surface area (Å²) in [5.41, 5.74) is 6.53. The molecule has 4 heteroatoms. The van der Waals surface area contributed by atoms with Gasteiger partial charge in [0.25, 0.3) is 5.91 Å². The summed E-state index contributed by atoms with van der Waals surface area (Å²) >= 11 is 0. The summed E-state index contributed by atoms with van der Waals surface area (Å²) in [7, 11) is 0. The van der Waals surface area contributed by atoms with E-state index >= 15 is 0 Å². The van der Waals surface area contributed by atoms with E-state index in [0.717, 1.165) is 10.8 Å². The van der Waals surface area contributed by atoms with Crippen LogP contribution in [0.1, 0.15) is 36.0 Å². The zero-order valence-electron chi connectivity index (χ0n) is 11.9. The van der Waals surface area contributed by atoms with Gasteiger partial charge >= 0.3 is 0 Å². The van der Waals surface area contributed by atoms with Crippen LogP contribution in [-0.4, -0.2) is 16.9 Å². The van der Waals surface area contributed by atoms with E-state index in [9.17, 15) is 4.79 Å². The monoisotopic (exact) mass is 281 g/mol. The molecule has 21 heavy (non-hydrogen) atoms. The molecule has 4 nitrogen and oxygen atoms in total. The molecule has 3 N–H and O–H groups in total. The number of fused-ring (bicyclic) bond motifs is 1. The lowest BCUT2D eigenvalue weighted by Gasteiger charge is -2.18. The molecule has 2 aromatic rings. The zero-order valence-corrected chi connectivity index (χ0v) is 11.9. The molecule has 2 saturated carbocycles. The summed E-state index contributed by atoms with van der Waals surface area (Å²) in [4.78, 5) is 16.8. The Kier molecular flexibility index (Phi) is 2.84. The third-order valence-corrected chi connectivity index (χ3v) is 4.63. The third kappa shape index (κ3) is 2.35. The van der Waals surface area contributed by atoms with Crippen LogP contribution in [0.5, 0.6) is 0 Å². The molecule has 0 spiro atoms. The number of amides is 1. The van der Waals surface area contributed by atoms with E-state index in [-0.39, 0.29) is 5.91 Å². The minimum Gasteiger partial charge on any atom is -0.383 e. The molecular formula is C17H19N3O. The fourth-order valence-electron chi connectivity index (χ4n) is 3.16. The van der Waals surface area contributed by atoms with Crippen molar-refractivity contribution in [2.45, 2.75) is 31.7 Å². The SMILES string of the molecule is Nc1ncc(C(=O)NC(C2CC2)C2CC2)c2ccccc12. The summed E-state index contributed by atoms with van der Waals surface area (Å²) in [5, 5.41) is 4.98. The van der Waals surface area contributed by atoms with Gasteiger partial charge in [0.2, 0.25) is 0 Å². The van der Waals surface area contributed by atoms with E-state index in [1.807, 2.05) is 24.3 Å². The van der Waals surface area contributed by atoms with E-state index < -0.39 is 0 Å². The van der Waals surface area contributed by atoms with Gasteiger partial charge in [-0.2, -0.15) is 0 Å². The maximum atomic E-state index is 12.7. The predicted octanol–water partition coefficient (Wildman–Crippen LogP) is 2.74. The highest BCUT2D eigenvalue weighted by Crippen LogP contribution is 2.44. The van der Waals surface area contributed by atoms with Crippen LogP contribution in [0.4, 0.5) is 5.82 Å². The number of anilines is 1. The molecule has 1 amide bonds. The lowest BCUT2D eigenvalue weighted by Crippen LogP contribution is -2.38. The van der Waals surface area contributed by atoms with Crippen LogP contribution in [0.3, 0.4) is 0 Å². The van der Waals surface area contributed by atoms with Crippen LogP contribution in [0, 0.1) is 11.8 Å². The highest BCUT2D eigenvalue weighted by molar-refractivity contribution is 6.09. The Bertz CT molecular complexity index is 692. The quantitative estimate of drug-likeness (QED) is 0.905. The normalized spacial score (nSPS) is 18.1. The molecule has 108 valence electrons. The van der Waals surface area contributed by atoms with E-state index in [1.54, 1.807) is 6.20 Å². The Morgan fingerprint density at radius 2 is 1.76 bits per heavy atom. The molecule has 4 rings (SSSR count). The average Bonchev–Trinajstić information content (AvgIpc) is 3.39. The second kappa shape index (κ2) is 4.72.